The summed E-state index contributed by atoms with van der Waals surface area (Å²) in [6, 6.07) is 2.54. The van der Waals surface area contributed by atoms with E-state index in [1.165, 1.54) is 12.5 Å². The van der Waals surface area contributed by atoms with Crippen molar-refractivity contribution in [1.82, 2.24) is 4.72 Å². The van der Waals surface area contributed by atoms with E-state index < -0.39 is 21.8 Å². The summed E-state index contributed by atoms with van der Waals surface area (Å²) in [5.41, 5.74) is 0.640. The van der Waals surface area contributed by atoms with E-state index in [4.69, 9.17) is 13.9 Å². The number of carboxylic acids is 1. The second-order valence-electron chi connectivity index (χ2n) is 3.51. The lowest BCUT2D eigenvalue weighted by Crippen LogP contribution is -2.22. The Hall–Kier alpha value is -1.58. The molecule has 0 amide bonds. The first-order chi connectivity index (χ1) is 8.90. The molecule has 102 valence electrons. The van der Waals surface area contributed by atoms with E-state index in [2.05, 4.69) is 20.7 Å². The van der Waals surface area contributed by atoms with Gasteiger partial charge in [-0.15, -0.1) is 0 Å². The van der Waals surface area contributed by atoms with E-state index in [1.807, 2.05) is 0 Å². The Kier molecular flexibility index (Phi) is 3.78. The van der Waals surface area contributed by atoms with Gasteiger partial charge >= 0.3 is 5.97 Å². The number of carboxylic acid groups (broad SMARTS) is 1. The lowest BCUT2D eigenvalue weighted by atomic mass is 10.4. The van der Waals surface area contributed by atoms with Crippen molar-refractivity contribution < 1.29 is 27.2 Å². The summed E-state index contributed by atoms with van der Waals surface area (Å²) in [6.07, 6.45) is 2.82. The van der Waals surface area contributed by atoms with Crippen LogP contribution in [-0.2, 0) is 16.6 Å². The van der Waals surface area contributed by atoms with Crippen LogP contribution in [0.4, 0.5) is 0 Å². The highest BCUT2D eigenvalue weighted by Crippen LogP contribution is 2.26. The monoisotopic (exact) mass is 349 g/mol. The van der Waals surface area contributed by atoms with Crippen LogP contribution >= 0.6 is 15.9 Å². The lowest BCUT2D eigenvalue weighted by Gasteiger charge is -2.02. The largest absolute Gasteiger partial charge is 0.475 e. The van der Waals surface area contributed by atoms with Gasteiger partial charge in [-0.05, 0) is 22.0 Å². The molecule has 0 fully saturated rings. The Bertz CT molecular complexity index is 688. The average molecular weight is 350 g/mol. The maximum atomic E-state index is 12.0. The summed E-state index contributed by atoms with van der Waals surface area (Å²) in [7, 11) is -3.88. The summed E-state index contributed by atoms with van der Waals surface area (Å²) < 4.78 is 35.6. The molecule has 19 heavy (non-hydrogen) atoms. The van der Waals surface area contributed by atoms with Crippen LogP contribution in [0.2, 0.25) is 0 Å². The van der Waals surface area contributed by atoms with E-state index in [0.29, 0.717) is 5.56 Å². The molecule has 0 bridgehead atoms. The van der Waals surface area contributed by atoms with Crippen LogP contribution in [-0.4, -0.2) is 19.5 Å². The van der Waals surface area contributed by atoms with Crippen LogP contribution in [0.3, 0.4) is 0 Å². The molecule has 0 unspecified atom stereocenters. The van der Waals surface area contributed by atoms with Crippen molar-refractivity contribution >= 4 is 31.9 Å². The van der Waals surface area contributed by atoms with Gasteiger partial charge in [0.1, 0.15) is 4.90 Å². The summed E-state index contributed by atoms with van der Waals surface area (Å²) in [5, 5.41) is 8.73. The van der Waals surface area contributed by atoms with Crippen molar-refractivity contribution in [2.24, 2.45) is 0 Å². The SMILES string of the molecule is O=C(O)c1cc(S(=O)(=O)NCc2ccoc2)c(Br)o1. The highest BCUT2D eigenvalue weighted by atomic mass is 79.9. The van der Waals surface area contributed by atoms with E-state index in [-0.39, 0.29) is 16.1 Å². The molecule has 9 heteroatoms. The summed E-state index contributed by atoms with van der Waals surface area (Å²) in [5.74, 6) is -1.81. The van der Waals surface area contributed by atoms with E-state index >= 15 is 0 Å². The molecule has 0 aromatic carbocycles. The minimum absolute atomic E-state index is 0.0266. The molecule has 7 nitrogen and oxygen atoms in total. The molecule has 0 aliphatic carbocycles. The number of furan rings is 2. The van der Waals surface area contributed by atoms with Crippen molar-refractivity contribution in [2.75, 3.05) is 0 Å². The first-order valence-corrected chi connectivity index (χ1v) is 7.21. The molecule has 0 aliphatic heterocycles. The second kappa shape index (κ2) is 5.19. The summed E-state index contributed by atoms with van der Waals surface area (Å²) in [6.45, 7) is 0.0266. The molecule has 2 N–H and O–H groups in total. The molecule has 0 saturated heterocycles. The fourth-order valence-electron chi connectivity index (χ4n) is 1.29. The van der Waals surface area contributed by atoms with Gasteiger partial charge in [-0.3, -0.25) is 0 Å². The number of halogens is 1. The van der Waals surface area contributed by atoms with Crippen molar-refractivity contribution in [3.05, 3.63) is 40.7 Å². The molecule has 0 radical (unpaired) electrons. The molecule has 2 aromatic rings. The molecular formula is C10H8BrNO6S. The van der Waals surface area contributed by atoms with E-state index in [1.54, 1.807) is 6.07 Å². The third-order valence-electron chi connectivity index (χ3n) is 2.20. The average Bonchev–Trinajstić information content (AvgIpc) is 2.95. The zero-order valence-corrected chi connectivity index (χ0v) is 11.7. The Morgan fingerprint density at radius 2 is 2.21 bits per heavy atom. The summed E-state index contributed by atoms with van der Waals surface area (Å²) >= 11 is 2.87. The minimum atomic E-state index is -3.88. The van der Waals surface area contributed by atoms with E-state index in [9.17, 15) is 13.2 Å². The van der Waals surface area contributed by atoms with Gasteiger partial charge in [0.25, 0.3) is 0 Å². The predicted octanol–water partition coefficient (Wildman–Crippen LogP) is 1.81. The maximum absolute atomic E-state index is 12.0. The topological polar surface area (TPSA) is 110 Å². The quantitative estimate of drug-likeness (QED) is 0.851. The molecule has 0 spiro atoms. The normalized spacial score (nSPS) is 11.6. The first-order valence-electron chi connectivity index (χ1n) is 4.93. The first kappa shape index (κ1) is 13.8. The van der Waals surface area contributed by atoms with Gasteiger partial charge in [-0.1, -0.05) is 0 Å². The van der Waals surface area contributed by atoms with Crippen LogP contribution < -0.4 is 4.72 Å². The van der Waals surface area contributed by atoms with Gasteiger partial charge in [-0.25, -0.2) is 17.9 Å². The van der Waals surface area contributed by atoms with Crippen LogP contribution in [0.5, 0.6) is 0 Å². The maximum Gasteiger partial charge on any atom is 0.371 e. The molecule has 0 aliphatic rings. The van der Waals surface area contributed by atoms with Gasteiger partial charge in [-0.2, -0.15) is 0 Å². The van der Waals surface area contributed by atoms with Crippen LogP contribution in [0.1, 0.15) is 16.1 Å². The molecule has 0 atom stereocenters. The standard InChI is InChI=1S/C10H8BrNO6S/c11-9-8(3-7(18-9)10(13)14)19(15,16)12-4-6-1-2-17-5-6/h1-3,5,12H,4H2,(H,13,14). The highest BCUT2D eigenvalue weighted by molar-refractivity contribution is 9.10. The molecule has 2 rings (SSSR count). The Balaban J connectivity index is 2.22. The number of carbonyl (C=O) groups is 1. The van der Waals surface area contributed by atoms with Gasteiger partial charge in [0.15, 0.2) is 4.67 Å². The van der Waals surface area contributed by atoms with Gasteiger partial charge < -0.3 is 13.9 Å². The Morgan fingerprint density at radius 1 is 1.47 bits per heavy atom. The second-order valence-corrected chi connectivity index (χ2v) is 5.97. The Labute approximate surface area is 116 Å². The molecule has 0 saturated carbocycles. The third kappa shape index (κ3) is 3.06. The number of sulfonamides is 1. The highest BCUT2D eigenvalue weighted by Gasteiger charge is 2.24. The minimum Gasteiger partial charge on any atom is -0.475 e. The number of hydrogen-bond acceptors (Lipinski definition) is 5. The zero-order valence-electron chi connectivity index (χ0n) is 9.29. The number of rotatable bonds is 5. The van der Waals surface area contributed by atoms with Crippen molar-refractivity contribution in [3.8, 4) is 0 Å². The zero-order chi connectivity index (χ0) is 14.0. The van der Waals surface area contributed by atoms with Crippen molar-refractivity contribution in [3.63, 3.8) is 0 Å². The van der Waals surface area contributed by atoms with Crippen LogP contribution in [0, 0.1) is 0 Å². The predicted molar refractivity (Wildman–Crippen MR) is 66.1 cm³/mol. The van der Waals surface area contributed by atoms with Gasteiger partial charge in [0.2, 0.25) is 15.8 Å². The van der Waals surface area contributed by atoms with Crippen LogP contribution in [0.15, 0.2) is 43.1 Å². The Morgan fingerprint density at radius 3 is 2.74 bits per heavy atom. The molecular weight excluding hydrogens is 342 g/mol. The van der Waals surface area contributed by atoms with Gasteiger partial charge in [0, 0.05) is 18.2 Å². The number of nitrogens with one attached hydrogen (secondary N) is 1. The van der Waals surface area contributed by atoms with Crippen molar-refractivity contribution in [2.45, 2.75) is 11.4 Å². The third-order valence-corrected chi connectivity index (χ3v) is 4.46. The molecule has 2 heterocycles. The molecule has 2 aromatic heterocycles. The van der Waals surface area contributed by atoms with E-state index in [0.717, 1.165) is 6.07 Å². The fourth-order valence-corrected chi connectivity index (χ4v) is 3.25. The van der Waals surface area contributed by atoms with Crippen molar-refractivity contribution in [1.29, 1.82) is 0 Å². The smallest absolute Gasteiger partial charge is 0.371 e. The van der Waals surface area contributed by atoms with Crippen LogP contribution in [0.25, 0.3) is 0 Å². The summed E-state index contributed by atoms with van der Waals surface area (Å²) in [4.78, 5) is 10.4. The fraction of sp³-hybridized carbons (Fsp3) is 0.100. The van der Waals surface area contributed by atoms with Gasteiger partial charge in [0.05, 0.1) is 12.5 Å². The number of hydrogen-bond donors (Lipinski definition) is 2. The lowest BCUT2D eigenvalue weighted by molar-refractivity contribution is 0.0661. The number of aromatic carboxylic acids is 1.